The summed E-state index contributed by atoms with van der Waals surface area (Å²) in [6.45, 7) is 2.62. The van der Waals surface area contributed by atoms with Gasteiger partial charge in [0.2, 0.25) is 5.88 Å². The molecule has 1 heterocycles. The van der Waals surface area contributed by atoms with Gasteiger partial charge in [0.1, 0.15) is 0 Å². The number of ether oxygens (including phenoxy) is 1. The lowest BCUT2D eigenvalue weighted by molar-refractivity contribution is 0.331. The first-order chi connectivity index (χ1) is 8.36. The van der Waals surface area contributed by atoms with Crippen molar-refractivity contribution in [2.45, 2.75) is 25.8 Å². The fourth-order valence-electron chi connectivity index (χ4n) is 1.95. The van der Waals surface area contributed by atoms with E-state index in [2.05, 4.69) is 28.5 Å². The van der Waals surface area contributed by atoms with Crippen LogP contribution in [0.2, 0.25) is 0 Å². The van der Waals surface area contributed by atoms with Crippen molar-refractivity contribution in [1.82, 2.24) is 4.98 Å². The summed E-state index contributed by atoms with van der Waals surface area (Å²) < 4.78 is 5.56. The minimum atomic E-state index is 0.645. The predicted octanol–water partition coefficient (Wildman–Crippen LogP) is 3.21. The molecule has 0 unspecified atom stereocenters. The number of anilines is 1. The first-order valence-corrected chi connectivity index (χ1v) is 6.15. The van der Waals surface area contributed by atoms with E-state index in [9.17, 15) is 0 Å². The molecule has 3 rings (SSSR count). The topological polar surface area (TPSA) is 34.1 Å². The molecule has 0 aliphatic heterocycles. The van der Waals surface area contributed by atoms with E-state index in [0.717, 1.165) is 17.0 Å². The van der Waals surface area contributed by atoms with Crippen LogP contribution in [-0.2, 0) is 0 Å². The lowest BCUT2D eigenvalue weighted by atomic mass is 10.1. The second-order valence-electron chi connectivity index (χ2n) is 4.40. The summed E-state index contributed by atoms with van der Waals surface area (Å²) in [5.74, 6) is 0.726. The van der Waals surface area contributed by atoms with Gasteiger partial charge < -0.3 is 10.1 Å². The molecule has 0 saturated heterocycles. The third kappa shape index (κ3) is 2.18. The van der Waals surface area contributed by atoms with Gasteiger partial charge in [-0.25, -0.2) is 4.98 Å². The average molecular weight is 228 g/mol. The Morgan fingerprint density at radius 2 is 2.24 bits per heavy atom. The molecule has 3 nitrogen and oxygen atoms in total. The first kappa shape index (κ1) is 10.4. The van der Waals surface area contributed by atoms with Gasteiger partial charge >= 0.3 is 0 Å². The van der Waals surface area contributed by atoms with Crippen molar-refractivity contribution < 1.29 is 4.74 Å². The van der Waals surface area contributed by atoms with E-state index in [1.54, 1.807) is 6.20 Å². The van der Waals surface area contributed by atoms with Crippen LogP contribution in [0.15, 0.2) is 30.5 Å². The largest absolute Gasteiger partial charge is 0.478 e. The number of nitrogens with one attached hydrogen (secondary N) is 1. The lowest BCUT2D eigenvalue weighted by Crippen LogP contribution is -2.01. The number of rotatable bonds is 4. The van der Waals surface area contributed by atoms with Crippen molar-refractivity contribution in [3.63, 3.8) is 0 Å². The van der Waals surface area contributed by atoms with Crippen molar-refractivity contribution >= 4 is 16.5 Å². The number of fused-ring (bicyclic) bond motifs is 1. The molecule has 88 valence electrons. The summed E-state index contributed by atoms with van der Waals surface area (Å²) in [6.07, 6.45) is 4.36. The van der Waals surface area contributed by atoms with Crippen LogP contribution in [0.3, 0.4) is 0 Å². The Kier molecular flexibility index (Phi) is 2.59. The SMILES string of the molecule is CCOc1nccc2ccc(NC3CC3)cc12. The Labute approximate surface area is 101 Å². The van der Waals surface area contributed by atoms with E-state index in [1.165, 1.54) is 18.2 Å². The van der Waals surface area contributed by atoms with Gasteiger partial charge in [0.05, 0.1) is 6.61 Å². The van der Waals surface area contributed by atoms with Crippen LogP contribution in [0.1, 0.15) is 19.8 Å². The maximum absolute atomic E-state index is 5.56. The van der Waals surface area contributed by atoms with Crippen LogP contribution in [-0.4, -0.2) is 17.6 Å². The summed E-state index contributed by atoms with van der Waals surface area (Å²) in [5, 5.41) is 5.75. The van der Waals surface area contributed by atoms with Crippen LogP contribution in [0.4, 0.5) is 5.69 Å². The van der Waals surface area contributed by atoms with Crippen molar-refractivity contribution in [3.8, 4) is 5.88 Å². The number of pyridine rings is 1. The number of aromatic nitrogens is 1. The highest BCUT2D eigenvalue weighted by atomic mass is 16.5. The second kappa shape index (κ2) is 4.24. The van der Waals surface area contributed by atoms with E-state index in [0.29, 0.717) is 12.6 Å². The zero-order valence-electron chi connectivity index (χ0n) is 9.94. The van der Waals surface area contributed by atoms with Crippen molar-refractivity contribution in [3.05, 3.63) is 30.5 Å². The monoisotopic (exact) mass is 228 g/mol. The van der Waals surface area contributed by atoms with Gasteiger partial charge in [0.25, 0.3) is 0 Å². The van der Waals surface area contributed by atoms with E-state index >= 15 is 0 Å². The molecule has 0 atom stereocenters. The average Bonchev–Trinajstić information content (AvgIpc) is 3.14. The molecule has 1 aliphatic rings. The summed E-state index contributed by atoms with van der Waals surface area (Å²) >= 11 is 0. The zero-order chi connectivity index (χ0) is 11.7. The Balaban J connectivity index is 2.01. The number of hydrogen-bond donors (Lipinski definition) is 1. The van der Waals surface area contributed by atoms with Crippen LogP contribution in [0.25, 0.3) is 10.8 Å². The molecule has 1 saturated carbocycles. The standard InChI is InChI=1S/C14H16N2O/c1-2-17-14-13-9-12(16-11-5-6-11)4-3-10(13)7-8-15-14/h3-4,7-9,11,16H,2,5-6H2,1H3. The van der Waals surface area contributed by atoms with Gasteiger partial charge in [-0.15, -0.1) is 0 Å². The van der Waals surface area contributed by atoms with E-state index in [-0.39, 0.29) is 0 Å². The Morgan fingerprint density at radius 3 is 3.00 bits per heavy atom. The van der Waals surface area contributed by atoms with Gasteiger partial charge in [-0.3, -0.25) is 0 Å². The third-order valence-corrected chi connectivity index (χ3v) is 2.96. The Bertz CT molecular complexity index is 535. The molecular formula is C14H16N2O. The van der Waals surface area contributed by atoms with Gasteiger partial charge in [-0.05, 0) is 43.4 Å². The van der Waals surface area contributed by atoms with Crippen molar-refractivity contribution in [1.29, 1.82) is 0 Å². The highest BCUT2D eigenvalue weighted by Gasteiger charge is 2.20. The molecule has 3 heteroatoms. The minimum Gasteiger partial charge on any atom is -0.478 e. The van der Waals surface area contributed by atoms with E-state index in [1.807, 2.05) is 13.0 Å². The summed E-state index contributed by atoms with van der Waals surface area (Å²) in [5.41, 5.74) is 1.16. The normalized spacial score (nSPS) is 14.9. The van der Waals surface area contributed by atoms with Crippen LogP contribution < -0.4 is 10.1 Å². The molecule has 0 amide bonds. The molecule has 1 fully saturated rings. The molecular weight excluding hydrogens is 212 g/mol. The maximum Gasteiger partial charge on any atom is 0.221 e. The zero-order valence-corrected chi connectivity index (χ0v) is 9.94. The minimum absolute atomic E-state index is 0.645. The molecule has 2 aromatic rings. The molecule has 0 bridgehead atoms. The number of hydrogen-bond acceptors (Lipinski definition) is 3. The highest BCUT2D eigenvalue weighted by molar-refractivity contribution is 5.89. The Hall–Kier alpha value is -1.77. The molecule has 0 spiro atoms. The predicted molar refractivity (Wildman–Crippen MR) is 69.6 cm³/mol. The smallest absolute Gasteiger partial charge is 0.221 e. The first-order valence-electron chi connectivity index (χ1n) is 6.15. The summed E-state index contributed by atoms with van der Waals surface area (Å²) in [6, 6.07) is 9.05. The van der Waals surface area contributed by atoms with Crippen LogP contribution in [0, 0.1) is 0 Å². The Morgan fingerprint density at radius 1 is 1.35 bits per heavy atom. The second-order valence-corrected chi connectivity index (χ2v) is 4.40. The lowest BCUT2D eigenvalue weighted by Gasteiger charge is -2.09. The van der Waals surface area contributed by atoms with E-state index in [4.69, 9.17) is 4.74 Å². The molecule has 1 N–H and O–H groups in total. The third-order valence-electron chi connectivity index (χ3n) is 2.96. The fourth-order valence-corrected chi connectivity index (χ4v) is 1.95. The number of benzene rings is 1. The quantitative estimate of drug-likeness (QED) is 0.872. The van der Waals surface area contributed by atoms with Crippen LogP contribution in [0.5, 0.6) is 5.88 Å². The van der Waals surface area contributed by atoms with Gasteiger partial charge in [0, 0.05) is 23.3 Å². The summed E-state index contributed by atoms with van der Waals surface area (Å²) in [4.78, 5) is 4.28. The van der Waals surface area contributed by atoms with Crippen molar-refractivity contribution in [2.24, 2.45) is 0 Å². The molecule has 0 radical (unpaired) electrons. The van der Waals surface area contributed by atoms with E-state index < -0.39 is 0 Å². The number of nitrogens with zero attached hydrogens (tertiary/aromatic N) is 1. The van der Waals surface area contributed by atoms with Gasteiger partial charge in [-0.2, -0.15) is 0 Å². The van der Waals surface area contributed by atoms with Gasteiger partial charge in [0.15, 0.2) is 0 Å². The van der Waals surface area contributed by atoms with Crippen LogP contribution >= 0.6 is 0 Å². The molecule has 1 aromatic heterocycles. The highest BCUT2D eigenvalue weighted by Crippen LogP contribution is 2.29. The van der Waals surface area contributed by atoms with Crippen molar-refractivity contribution in [2.75, 3.05) is 11.9 Å². The molecule has 1 aromatic carbocycles. The maximum atomic E-state index is 5.56. The molecule has 17 heavy (non-hydrogen) atoms. The van der Waals surface area contributed by atoms with Gasteiger partial charge in [-0.1, -0.05) is 6.07 Å². The fraction of sp³-hybridized carbons (Fsp3) is 0.357. The molecule has 1 aliphatic carbocycles. The summed E-state index contributed by atoms with van der Waals surface area (Å²) in [7, 11) is 0.